The van der Waals surface area contributed by atoms with Crippen LogP contribution in [0.1, 0.15) is 13.8 Å². The van der Waals surface area contributed by atoms with Gasteiger partial charge in [0.05, 0.1) is 6.26 Å². The molecular formula is C8H13NO2. The Morgan fingerprint density at radius 1 is 1.64 bits per heavy atom. The normalized spacial score (nSPS) is 18.5. The van der Waals surface area contributed by atoms with E-state index in [1.807, 2.05) is 19.9 Å². The highest BCUT2D eigenvalue weighted by molar-refractivity contribution is 5.78. The van der Waals surface area contributed by atoms with Crippen molar-refractivity contribution in [2.75, 3.05) is 13.2 Å². The fourth-order valence-corrected chi connectivity index (χ4v) is 1.03. The minimum Gasteiger partial charge on any atom is -0.492 e. The zero-order valence-corrected chi connectivity index (χ0v) is 6.91. The number of amides is 1. The smallest absolute Gasteiger partial charge is 0.260 e. The lowest BCUT2D eigenvalue weighted by Crippen LogP contribution is -2.38. The van der Waals surface area contributed by atoms with Crippen LogP contribution in [0.3, 0.4) is 0 Å². The van der Waals surface area contributed by atoms with E-state index in [0.717, 1.165) is 0 Å². The Morgan fingerprint density at radius 3 is 3.00 bits per heavy atom. The molecule has 0 bridgehead atoms. The molecule has 0 aromatic heterocycles. The van der Waals surface area contributed by atoms with Crippen molar-refractivity contribution in [3.8, 4) is 0 Å². The summed E-state index contributed by atoms with van der Waals surface area (Å²) >= 11 is 0. The van der Waals surface area contributed by atoms with Crippen LogP contribution in [0.25, 0.3) is 0 Å². The number of carbonyl (C=O) groups is 1. The molecule has 0 aromatic carbocycles. The molecule has 0 unspecified atom stereocenters. The largest absolute Gasteiger partial charge is 0.492 e. The van der Waals surface area contributed by atoms with Crippen molar-refractivity contribution in [2.45, 2.75) is 19.9 Å². The highest BCUT2D eigenvalue weighted by Crippen LogP contribution is 2.02. The zero-order chi connectivity index (χ0) is 8.27. The van der Waals surface area contributed by atoms with Crippen LogP contribution in [0.15, 0.2) is 12.3 Å². The van der Waals surface area contributed by atoms with Gasteiger partial charge < -0.3 is 9.64 Å². The van der Waals surface area contributed by atoms with Gasteiger partial charge in [-0.15, -0.1) is 0 Å². The minimum absolute atomic E-state index is 0.0602. The van der Waals surface area contributed by atoms with E-state index in [1.165, 1.54) is 0 Å². The number of ether oxygens (including phenoxy) is 1. The van der Waals surface area contributed by atoms with Gasteiger partial charge in [-0.3, -0.25) is 4.79 Å². The van der Waals surface area contributed by atoms with Gasteiger partial charge in [0.25, 0.3) is 5.91 Å². The van der Waals surface area contributed by atoms with E-state index in [9.17, 15) is 4.79 Å². The van der Waals surface area contributed by atoms with E-state index in [2.05, 4.69) is 0 Å². The molecule has 1 aliphatic heterocycles. The fraction of sp³-hybridized carbons (Fsp3) is 0.625. The first-order valence-electron chi connectivity index (χ1n) is 3.78. The van der Waals surface area contributed by atoms with Crippen molar-refractivity contribution in [2.24, 2.45) is 0 Å². The maximum Gasteiger partial charge on any atom is 0.260 e. The lowest BCUT2D eigenvalue weighted by Gasteiger charge is -2.23. The fourth-order valence-electron chi connectivity index (χ4n) is 1.03. The number of hydrogen-bond donors (Lipinski definition) is 0. The highest BCUT2D eigenvalue weighted by Gasteiger charge is 2.16. The topological polar surface area (TPSA) is 29.5 Å². The lowest BCUT2D eigenvalue weighted by molar-refractivity contribution is -0.134. The van der Waals surface area contributed by atoms with E-state index in [-0.39, 0.29) is 18.6 Å². The Hall–Kier alpha value is -0.990. The van der Waals surface area contributed by atoms with E-state index in [1.54, 1.807) is 11.2 Å². The van der Waals surface area contributed by atoms with E-state index in [0.29, 0.717) is 6.54 Å². The van der Waals surface area contributed by atoms with Gasteiger partial charge in [-0.05, 0) is 19.9 Å². The molecule has 11 heavy (non-hydrogen) atoms. The summed E-state index contributed by atoms with van der Waals surface area (Å²) in [5, 5.41) is 0. The molecule has 0 spiro atoms. The molecule has 62 valence electrons. The van der Waals surface area contributed by atoms with E-state index >= 15 is 0 Å². The second-order valence-corrected chi connectivity index (χ2v) is 2.82. The Balaban J connectivity index is 2.60. The molecule has 0 radical (unpaired) electrons. The maximum absolute atomic E-state index is 11.2. The van der Waals surface area contributed by atoms with Gasteiger partial charge in [0.15, 0.2) is 6.61 Å². The molecule has 0 saturated carbocycles. The van der Waals surface area contributed by atoms with Crippen LogP contribution >= 0.6 is 0 Å². The van der Waals surface area contributed by atoms with Crippen LogP contribution in [0.5, 0.6) is 0 Å². The summed E-state index contributed by atoms with van der Waals surface area (Å²) in [6.45, 7) is 4.83. The van der Waals surface area contributed by atoms with Crippen LogP contribution in [0.4, 0.5) is 0 Å². The summed E-state index contributed by atoms with van der Waals surface area (Å²) in [5.41, 5.74) is 0. The number of carbonyl (C=O) groups excluding carboxylic acids is 1. The van der Waals surface area contributed by atoms with Gasteiger partial charge in [0.1, 0.15) is 0 Å². The third-order valence-electron chi connectivity index (χ3n) is 1.65. The zero-order valence-electron chi connectivity index (χ0n) is 6.91. The molecule has 0 N–H and O–H groups in total. The van der Waals surface area contributed by atoms with Crippen LogP contribution in [0, 0.1) is 0 Å². The third-order valence-corrected chi connectivity index (χ3v) is 1.65. The van der Waals surface area contributed by atoms with Gasteiger partial charge in [-0.1, -0.05) is 0 Å². The average Bonchev–Trinajstić information content (AvgIpc) is 2.13. The minimum atomic E-state index is 0.0602. The van der Waals surface area contributed by atoms with Crippen LogP contribution in [-0.2, 0) is 9.53 Å². The number of hydrogen-bond acceptors (Lipinski definition) is 2. The molecule has 1 heterocycles. The summed E-state index contributed by atoms with van der Waals surface area (Å²) in [6, 6.07) is 0.258. The Kier molecular flexibility index (Phi) is 2.52. The average molecular weight is 155 g/mol. The first-order chi connectivity index (χ1) is 5.22. The molecule has 0 fully saturated rings. The quantitative estimate of drug-likeness (QED) is 0.559. The van der Waals surface area contributed by atoms with Gasteiger partial charge in [-0.25, -0.2) is 0 Å². The first-order valence-corrected chi connectivity index (χ1v) is 3.78. The second kappa shape index (κ2) is 3.42. The molecule has 0 aromatic rings. The molecule has 0 atom stereocenters. The molecular weight excluding hydrogens is 142 g/mol. The van der Waals surface area contributed by atoms with Crippen LogP contribution in [-0.4, -0.2) is 30.0 Å². The highest BCUT2D eigenvalue weighted by atomic mass is 16.5. The summed E-state index contributed by atoms with van der Waals surface area (Å²) in [5.74, 6) is 0.0602. The van der Waals surface area contributed by atoms with Crippen molar-refractivity contribution in [3.63, 3.8) is 0 Å². The lowest BCUT2D eigenvalue weighted by atomic mass is 10.3. The van der Waals surface area contributed by atoms with Crippen molar-refractivity contribution in [3.05, 3.63) is 12.3 Å². The predicted molar refractivity (Wildman–Crippen MR) is 41.9 cm³/mol. The summed E-state index contributed by atoms with van der Waals surface area (Å²) < 4.78 is 4.92. The van der Waals surface area contributed by atoms with Crippen LogP contribution < -0.4 is 0 Å². The third kappa shape index (κ3) is 1.97. The molecule has 0 aliphatic carbocycles. The Labute approximate surface area is 66.6 Å². The van der Waals surface area contributed by atoms with Crippen LogP contribution in [0.2, 0.25) is 0 Å². The van der Waals surface area contributed by atoms with Crippen molar-refractivity contribution in [1.29, 1.82) is 0 Å². The maximum atomic E-state index is 11.2. The first kappa shape index (κ1) is 8.11. The summed E-state index contributed by atoms with van der Waals surface area (Å²) in [6.07, 6.45) is 3.44. The predicted octanol–water partition coefficient (Wildman–Crippen LogP) is 0.767. The molecule has 1 amide bonds. The van der Waals surface area contributed by atoms with Crippen molar-refractivity contribution < 1.29 is 9.53 Å². The Morgan fingerprint density at radius 2 is 2.36 bits per heavy atom. The molecule has 0 saturated heterocycles. The number of nitrogens with zero attached hydrogens (tertiary/aromatic N) is 1. The van der Waals surface area contributed by atoms with Crippen molar-refractivity contribution in [1.82, 2.24) is 4.90 Å². The standard InChI is InChI=1S/C8H13NO2/c1-7(2)9-4-3-5-11-6-8(9)10/h3,5,7H,4,6H2,1-2H3. The second-order valence-electron chi connectivity index (χ2n) is 2.82. The SMILES string of the molecule is CC(C)N1CC=COCC1=O. The molecule has 1 rings (SSSR count). The summed E-state index contributed by atoms with van der Waals surface area (Å²) in [4.78, 5) is 13.0. The number of rotatable bonds is 1. The molecule has 3 heteroatoms. The van der Waals surface area contributed by atoms with Gasteiger partial charge in [-0.2, -0.15) is 0 Å². The molecule has 3 nitrogen and oxygen atoms in total. The van der Waals surface area contributed by atoms with E-state index in [4.69, 9.17) is 4.74 Å². The van der Waals surface area contributed by atoms with Gasteiger partial charge in [0.2, 0.25) is 0 Å². The molecule has 1 aliphatic rings. The van der Waals surface area contributed by atoms with Gasteiger partial charge >= 0.3 is 0 Å². The van der Waals surface area contributed by atoms with Crippen molar-refractivity contribution >= 4 is 5.91 Å². The van der Waals surface area contributed by atoms with Gasteiger partial charge in [0, 0.05) is 12.6 Å². The Bertz CT molecular complexity index is 175. The van der Waals surface area contributed by atoms with E-state index < -0.39 is 0 Å². The monoisotopic (exact) mass is 155 g/mol. The summed E-state index contributed by atoms with van der Waals surface area (Å²) in [7, 11) is 0.